The van der Waals surface area contributed by atoms with Gasteiger partial charge >= 0.3 is 11.8 Å². The number of benzene rings is 1. The highest BCUT2D eigenvalue weighted by Gasteiger charge is 2.36. The van der Waals surface area contributed by atoms with Crippen molar-refractivity contribution in [1.29, 1.82) is 0 Å². The van der Waals surface area contributed by atoms with E-state index in [2.05, 4.69) is 15.5 Å². The van der Waals surface area contributed by atoms with E-state index in [1.165, 1.54) is 24.3 Å². The van der Waals surface area contributed by atoms with Crippen LogP contribution in [0.1, 0.15) is 6.42 Å². The van der Waals surface area contributed by atoms with Crippen LogP contribution in [0, 0.1) is 0 Å². The van der Waals surface area contributed by atoms with Crippen molar-refractivity contribution in [2.45, 2.75) is 17.5 Å². The number of amides is 2. The molecule has 12 heteroatoms. The minimum Gasteiger partial charge on any atom is -0.379 e. The summed E-state index contributed by atoms with van der Waals surface area (Å²) < 4.78 is 37.6. The number of halogens is 1. The molecule has 2 N–H and O–H groups in total. The van der Waals surface area contributed by atoms with Crippen molar-refractivity contribution < 1.29 is 27.5 Å². The summed E-state index contributed by atoms with van der Waals surface area (Å²) in [7, 11) is -3.82. The maximum atomic E-state index is 12.8. The first-order chi connectivity index (χ1) is 14.9. The molecule has 2 saturated heterocycles. The topological polar surface area (TPSA) is 117 Å². The van der Waals surface area contributed by atoms with E-state index in [-0.39, 0.29) is 24.6 Å². The van der Waals surface area contributed by atoms with Crippen LogP contribution in [0.15, 0.2) is 29.2 Å². The van der Waals surface area contributed by atoms with Crippen LogP contribution in [0.3, 0.4) is 0 Å². The second-order valence-corrected chi connectivity index (χ2v) is 9.50. The van der Waals surface area contributed by atoms with E-state index in [0.717, 1.165) is 30.4 Å². The normalized spacial score (nSPS) is 20.5. The van der Waals surface area contributed by atoms with E-state index in [1.54, 1.807) is 0 Å². The van der Waals surface area contributed by atoms with Gasteiger partial charge in [0.1, 0.15) is 6.23 Å². The standard InChI is InChI=1S/C19H27ClN4O6S/c20-15-2-4-16(5-3-15)31(27,28)24-10-13-30-17(24)14-22-19(26)18(25)21-6-1-7-23-8-11-29-12-9-23/h2-5,17H,1,6-14H2,(H,21,25)(H,22,26)/t17-/m1/s1. The van der Waals surface area contributed by atoms with Crippen LogP contribution in [0.2, 0.25) is 5.02 Å². The van der Waals surface area contributed by atoms with Crippen LogP contribution < -0.4 is 10.6 Å². The molecule has 31 heavy (non-hydrogen) atoms. The number of carbonyl (C=O) groups excluding carboxylic acids is 2. The highest BCUT2D eigenvalue weighted by molar-refractivity contribution is 7.89. The first kappa shape index (κ1) is 23.9. The number of hydrogen-bond donors (Lipinski definition) is 2. The van der Waals surface area contributed by atoms with Crippen LogP contribution >= 0.6 is 11.6 Å². The minimum absolute atomic E-state index is 0.0803. The lowest BCUT2D eigenvalue weighted by atomic mass is 10.3. The molecule has 2 fully saturated rings. The Morgan fingerprint density at radius 3 is 2.42 bits per heavy atom. The van der Waals surface area contributed by atoms with Gasteiger partial charge in [-0.2, -0.15) is 4.31 Å². The highest BCUT2D eigenvalue weighted by Crippen LogP contribution is 2.23. The van der Waals surface area contributed by atoms with E-state index >= 15 is 0 Å². The van der Waals surface area contributed by atoms with Gasteiger partial charge < -0.3 is 20.1 Å². The Bertz CT molecular complexity index is 861. The molecule has 2 aliphatic rings. The first-order valence-electron chi connectivity index (χ1n) is 10.1. The van der Waals surface area contributed by atoms with Gasteiger partial charge in [-0.25, -0.2) is 8.42 Å². The monoisotopic (exact) mass is 474 g/mol. The molecule has 3 rings (SSSR count). The fourth-order valence-electron chi connectivity index (χ4n) is 3.35. The Kier molecular flexibility index (Phi) is 8.64. The van der Waals surface area contributed by atoms with Gasteiger partial charge in [-0.05, 0) is 37.2 Å². The Labute approximate surface area is 186 Å². The van der Waals surface area contributed by atoms with Gasteiger partial charge in [0.25, 0.3) is 0 Å². The quantitative estimate of drug-likeness (QED) is 0.390. The van der Waals surface area contributed by atoms with Gasteiger partial charge in [0.15, 0.2) is 0 Å². The van der Waals surface area contributed by atoms with Crippen LogP contribution in [0.5, 0.6) is 0 Å². The third kappa shape index (κ3) is 6.61. The average Bonchev–Trinajstić information content (AvgIpc) is 3.25. The summed E-state index contributed by atoms with van der Waals surface area (Å²) in [6, 6.07) is 5.81. The maximum absolute atomic E-state index is 12.8. The summed E-state index contributed by atoms with van der Waals surface area (Å²) >= 11 is 5.82. The van der Waals surface area contributed by atoms with Gasteiger partial charge in [0, 0.05) is 31.2 Å². The maximum Gasteiger partial charge on any atom is 0.309 e. The number of nitrogens with one attached hydrogen (secondary N) is 2. The summed E-state index contributed by atoms with van der Waals surface area (Å²) in [5.41, 5.74) is 0. The van der Waals surface area contributed by atoms with Crippen molar-refractivity contribution >= 4 is 33.4 Å². The summed E-state index contributed by atoms with van der Waals surface area (Å²) in [6.07, 6.45) is -0.170. The molecule has 0 bridgehead atoms. The molecule has 0 saturated carbocycles. The second-order valence-electron chi connectivity index (χ2n) is 7.17. The Morgan fingerprint density at radius 1 is 1.03 bits per heavy atom. The van der Waals surface area contributed by atoms with E-state index in [4.69, 9.17) is 21.1 Å². The first-order valence-corrected chi connectivity index (χ1v) is 11.9. The van der Waals surface area contributed by atoms with Crippen molar-refractivity contribution in [2.24, 2.45) is 0 Å². The second kappa shape index (κ2) is 11.2. The van der Waals surface area contributed by atoms with E-state index in [0.29, 0.717) is 24.8 Å². The van der Waals surface area contributed by atoms with Crippen LogP contribution in [0.4, 0.5) is 0 Å². The highest BCUT2D eigenvalue weighted by atomic mass is 35.5. The molecule has 1 aromatic rings. The van der Waals surface area contributed by atoms with Crippen molar-refractivity contribution in [2.75, 3.05) is 59.1 Å². The lowest BCUT2D eigenvalue weighted by Crippen LogP contribution is -2.47. The van der Waals surface area contributed by atoms with Crippen molar-refractivity contribution in [3.63, 3.8) is 0 Å². The summed E-state index contributed by atoms with van der Waals surface area (Å²) in [4.78, 5) is 26.4. The molecular weight excluding hydrogens is 448 g/mol. The Hall–Kier alpha value is -1.76. The van der Waals surface area contributed by atoms with Crippen molar-refractivity contribution in [3.8, 4) is 0 Å². The Balaban J connectivity index is 1.43. The number of sulfonamides is 1. The number of nitrogens with zero attached hydrogens (tertiary/aromatic N) is 2. The molecule has 10 nitrogen and oxygen atoms in total. The lowest BCUT2D eigenvalue weighted by molar-refractivity contribution is -0.139. The van der Waals surface area contributed by atoms with Crippen LogP contribution in [0.25, 0.3) is 0 Å². The molecule has 2 heterocycles. The van der Waals surface area contributed by atoms with Crippen LogP contribution in [-0.2, 0) is 29.1 Å². The molecule has 2 aliphatic heterocycles. The van der Waals surface area contributed by atoms with Crippen molar-refractivity contribution in [1.82, 2.24) is 19.8 Å². The van der Waals surface area contributed by atoms with E-state index in [1.807, 2.05) is 0 Å². The van der Waals surface area contributed by atoms with Gasteiger partial charge in [-0.3, -0.25) is 14.5 Å². The molecule has 0 aromatic heterocycles. The molecule has 172 valence electrons. The van der Waals surface area contributed by atoms with E-state index < -0.39 is 28.1 Å². The fraction of sp³-hybridized carbons (Fsp3) is 0.579. The smallest absolute Gasteiger partial charge is 0.309 e. The number of carbonyl (C=O) groups is 2. The fourth-order valence-corrected chi connectivity index (χ4v) is 4.99. The minimum atomic E-state index is -3.82. The summed E-state index contributed by atoms with van der Waals surface area (Å²) in [6.45, 7) is 4.56. The van der Waals surface area contributed by atoms with Crippen LogP contribution in [-0.4, -0.2) is 94.8 Å². The Morgan fingerprint density at radius 2 is 1.71 bits per heavy atom. The predicted octanol–water partition coefficient (Wildman–Crippen LogP) is -0.358. The lowest BCUT2D eigenvalue weighted by Gasteiger charge is -2.26. The number of rotatable bonds is 8. The molecular formula is C19H27ClN4O6S. The van der Waals surface area contributed by atoms with Gasteiger partial charge in [-0.15, -0.1) is 0 Å². The molecule has 1 atom stereocenters. The summed E-state index contributed by atoms with van der Waals surface area (Å²) in [5, 5.41) is 5.45. The predicted molar refractivity (Wildman–Crippen MR) is 113 cm³/mol. The van der Waals surface area contributed by atoms with Gasteiger partial charge in [-0.1, -0.05) is 11.6 Å². The molecule has 1 aromatic carbocycles. The summed E-state index contributed by atoms with van der Waals surface area (Å²) in [5.74, 6) is -1.59. The zero-order valence-corrected chi connectivity index (χ0v) is 18.7. The molecule has 0 unspecified atom stereocenters. The third-order valence-corrected chi connectivity index (χ3v) is 7.20. The zero-order valence-electron chi connectivity index (χ0n) is 17.1. The molecule has 0 radical (unpaired) electrons. The molecule has 2 amide bonds. The SMILES string of the molecule is O=C(NCCCN1CCOCC1)C(=O)NC[C@H]1OCCN1S(=O)(=O)c1ccc(Cl)cc1. The molecule has 0 spiro atoms. The number of morpholine rings is 1. The zero-order chi connectivity index (χ0) is 22.3. The number of hydrogen-bond acceptors (Lipinski definition) is 7. The molecule has 0 aliphatic carbocycles. The van der Waals surface area contributed by atoms with E-state index in [9.17, 15) is 18.0 Å². The largest absolute Gasteiger partial charge is 0.379 e. The average molecular weight is 475 g/mol. The number of ether oxygens (including phenoxy) is 2. The van der Waals surface area contributed by atoms with Gasteiger partial charge in [0.2, 0.25) is 10.0 Å². The van der Waals surface area contributed by atoms with Crippen molar-refractivity contribution in [3.05, 3.63) is 29.3 Å². The van der Waals surface area contributed by atoms with Gasteiger partial charge in [0.05, 0.1) is 31.3 Å². The third-order valence-electron chi connectivity index (χ3n) is 5.05.